The molecule has 2 heteroatoms. The van der Waals surface area contributed by atoms with E-state index in [2.05, 4.69) is 71.7 Å². The standard InChI is InChI=1S/C23H19NO/c1-25-20-14-12-17(13-15-20)21-16-22(18-8-4-2-5-9-18)24-23(21)19-10-6-3-7-11-19/h2-16,24H,1H3. The van der Waals surface area contributed by atoms with E-state index in [1.807, 2.05) is 24.3 Å². The Balaban J connectivity index is 1.87. The zero-order chi connectivity index (χ0) is 17.1. The Bertz CT molecular complexity index is 954. The van der Waals surface area contributed by atoms with Crippen LogP contribution in [0.25, 0.3) is 33.6 Å². The molecule has 1 N–H and O–H groups in total. The maximum atomic E-state index is 5.29. The van der Waals surface area contributed by atoms with Gasteiger partial charge in [0, 0.05) is 11.3 Å². The molecule has 0 fully saturated rings. The number of benzene rings is 3. The first kappa shape index (κ1) is 15.3. The average Bonchev–Trinajstić information content (AvgIpc) is 3.15. The molecule has 1 heterocycles. The van der Waals surface area contributed by atoms with Gasteiger partial charge in [-0.3, -0.25) is 0 Å². The van der Waals surface area contributed by atoms with Gasteiger partial charge in [0.15, 0.2) is 0 Å². The monoisotopic (exact) mass is 325 g/mol. The summed E-state index contributed by atoms with van der Waals surface area (Å²) in [6, 6.07) is 31.3. The lowest BCUT2D eigenvalue weighted by atomic mass is 10.0. The zero-order valence-corrected chi connectivity index (χ0v) is 14.1. The minimum atomic E-state index is 0.865. The summed E-state index contributed by atoms with van der Waals surface area (Å²) in [5.41, 5.74) is 6.95. The number of rotatable bonds is 4. The van der Waals surface area contributed by atoms with Gasteiger partial charge in [-0.15, -0.1) is 0 Å². The van der Waals surface area contributed by atoms with Crippen LogP contribution in [-0.2, 0) is 0 Å². The summed E-state index contributed by atoms with van der Waals surface area (Å²) in [6.45, 7) is 0. The second-order valence-electron chi connectivity index (χ2n) is 5.93. The van der Waals surface area contributed by atoms with E-state index in [9.17, 15) is 0 Å². The van der Waals surface area contributed by atoms with Crippen LogP contribution in [0.2, 0.25) is 0 Å². The molecule has 0 saturated carbocycles. The van der Waals surface area contributed by atoms with E-state index in [-0.39, 0.29) is 0 Å². The molecule has 0 unspecified atom stereocenters. The van der Waals surface area contributed by atoms with Crippen molar-refractivity contribution >= 4 is 0 Å². The van der Waals surface area contributed by atoms with Gasteiger partial charge in [0.25, 0.3) is 0 Å². The Kier molecular flexibility index (Phi) is 4.09. The van der Waals surface area contributed by atoms with E-state index in [1.54, 1.807) is 7.11 Å². The fraction of sp³-hybridized carbons (Fsp3) is 0.0435. The Morgan fingerprint density at radius 2 is 1.24 bits per heavy atom. The third kappa shape index (κ3) is 3.07. The SMILES string of the molecule is COc1ccc(-c2cc(-c3ccccc3)[nH]c2-c2ccccc2)cc1. The highest BCUT2D eigenvalue weighted by molar-refractivity contribution is 5.86. The highest BCUT2D eigenvalue weighted by Crippen LogP contribution is 2.36. The van der Waals surface area contributed by atoms with E-state index in [1.165, 1.54) is 16.7 Å². The fourth-order valence-corrected chi connectivity index (χ4v) is 3.06. The third-order valence-electron chi connectivity index (χ3n) is 4.37. The molecule has 122 valence electrons. The van der Waals surface area contributed by atoms with Gasteiger partial charge in [0.2, 0.25) is 0 Å². The van der Waals surface area contributed by atoms with E-state index in [4.69, 9.17) is 4.74 Å². The van der Waals surface area contributed by atoms with Crippen LogP contribution in [0.4, 0.5) is 0 Å². The van der Waals surface area contributed by atoms with Gasteiger partial charge in [-0.1, -0.05) is 72.8 Å². The summed E-state index contributed by atoms with van der Waals surface area (Å²) < 4.78 is 5.29. The molecule has 2 nitrogen and oxygen atoms in total. The van der Waals surface area contributed by atoms with Crippen LogP contribution >= 0.6 is 0 Å². The maximum Gasteiger partial charge on any atom is 0.118 e. The van der Waals surface area contributed by atoms with Crippen molar-refractivity contribution in [2.24, 2.45) is 0 Å². The molecule has 1 aromatic heterocycles. The van der Waals surface area contributed by atoms with Crippen LogP contribution in [-0.4, -0.2) is 12.1 Å². The predicted molar refractivity (Wildman–Crippen MR) is 104 cm³/mol. The minimum absolute atomic E-state index is 0.865. The van der Waals surface area contributed by atoms with Gasteiger partial charge in [0.1, 0.15) is 5.75 Å². The molecule has 0 atom stereocenters. The van der Waals surface area contributed by atoms with E-state index in [0.29, 0.717) is 0 Å². The molecular formula is C23H19NO. The highest BCUT2D eigenvalue weighted by atomic mass is 16.5. The van der Waals surface area contributed by atoms with Crippen molar-refractivity contribution in [3.05, 3.63) is 91.0 Å². The Labute approximate surface area is 147 Å². The molecule has 0 saturated heterocycles. The molecule has 4 rings (SSSR count). The number of aromatic nitrogens is 1. The van der Waals surface area contributed by atoms with Crippen molar-refractivity contribution in [3.63, 3.8) is 0 Å². The van der Waals surface area contributed by atoms with Crippen LogP contribution in [0.5, 0.6) is 5.75 Å². The van der Waals surface area contributed by atoms with Crippen molar-refractivity contribution in [2.75, 3.05) is 7.11 Å². The molecule has 0 aliphatic rings. The zero-order valence-electron chi connectivity index (χ0n) is 14.1. The predicted octanol–water partition coefficient (Wildman–Crippen LogP) is 6.02. The van der Waals surface area contributed by atoms with Crippen LogP contribution in [0, 0.1) is 0 Å². The quantitative estimate of drug-likeness (QED) is 0.487. The van der Waals surface area contributed by atoms with Crippen molar-refractivity contribution in [1.29, 1.82) is 0 Å². The van der Waals surface area contributed by atoms with Crippen LogP contribution in [0.15, 0.2) is 91.0 Å². The van der Waals surface area contributed by atoms with Crippen molar-refractivity contribution < 1.29 is 4.74 Å². The van der Waals surface area contributed by atoms with Crippen LogP contribution in [0.1, 0.15) is 0 Å². The lowest BCUT2D eigenvalue weighted by Gasteiger charge is -2.06. The van der Waals surface area contributed by atoms with Gasteiger partial charge >= 0.3 is 0 Å². The first-order valence-electron chi connectivity index (χ1n) is 8.33. The second kappa shape index (κ2) is 6.70. The number of aromatic amines is 1. The second-order valence-corrected chi connectivity index (χ2v) is 5.93. The molecule has 0 radical (unpaired) electrons. The normalized spacial score (nSPS) is 10.6. The molecule has 4 aromatic rings. The summed E-state index contributed by atoms with van der Waals surface area (Å²) in [6.07, 6.45) is 0. The van der Waals surface area contributed by atoms with Crippen molar-refractivity contribution in [2.45, 2.75) is 0 Å². The fourth-order valence-electron chi connectivity index (χ4n) is 3.06. The lowest BCUT2D eigenvalue weighted by molar-refractivity contribution is 0.415. The van der Waals surface area contributed by atoms with Crippen LogP contribution < -0.4 is 4.74 Å². The van der Waals surface area contributed by atoms with E-state index in [0.717, 1.165) is 22.7 Å². The van der Waals surface area contributed by atoms with Gasteiger partial charge in [-0.05, 0) is 34.9 Å². The number of H-pyrrole nitrogens is 1. The van der Waals surface area contributed by atoms with E-state index >= 15 is 0 Å². The summed E-state index contributed by atoms with van der Waals surface area (Å²) in [4.78, 5) is 3.61. The van der Waals surface area contributed by atoms with Gasteiger partial charge in [-0.2, -0.15) is 0 Å². The summed E-state index contributed by atoms with van der Waals surface area (Å²) in [5.74, 6) is 0.865. The molecule has 0 spiro atoms. The Morgan fingerprint density at radius 1 is 0.640 bits per heavy atom. The van der Waals surface area contributed by atoms with Gasteiger partial charge in [0.05, 0.1) is 12.8 Å². The summed E-state index contributed by atoms with van der Waals surface area (Å²) in [7, 11) is 1.69. The molecule has 0 aliphatic carbocycles. The molecule has 3 aromatic carbocycles. The van der Waals surface area contributed by atoms with Gasteiger partial charge in [-0.25, -0.2) is 0 Å². The number of methoxy groups -OCH3 is 1. The Morgan fingerprint density at radius 3 is 1.84 bits per heavy atom. The molecule has 25 heavy (non-hydrogen) atoms. The first-order chi connectivity index (χ1) is 12.3. The molecule has 0 bridgehead atoms. The van der Waals surface area contributed by atoms with E-state index < -0.39 is 0 Å². The topological polar surface area (TPSA) is 25.0 Å². The highest BCUT2D eigenvalue weighted by Gasteiger charge is 2.13. The Hall–Kier alpha value is -3.26. The first-order valence-corrected chi connectivity index (χ1v) is 8.33. The maximum absolute atomic E-state index is 5.29. The molecular weight excluding hydrogens is 306 g/mol. The van der Waals surface area contributed by atoms with Crippen molar-refractivity contribution in [3.8, 4) is 39.4 Å². The number of nitrogens with one attached hydrogen (secondary N) is 1. The largest absolute Gasteiger partial charge is 0.497 e. The smallest absolute Gasteiger partial charge is 0.118 e. The number of hydrogen-bond donors (Lipinski definition) is 1. The minimum Gasteiger partial charge on any atom is -0.497 e. The summed E-state index contributed by atoms with van der Waals surface area (Å²) >= 11 is 0. The van der Waals surface area contributed by atoms with Gasteiger partial charge < -0.3 is 9.72 Å². The average molecular weight is 325 g/mol. The van der Waals surface area contributed by atoms with Crippen molar-refractivity contribution in [1.82, 2.24) is 4.98 Å². The van der Waals surface area contributed by atoms with Crippen LogP contribution in [0.3, 0.4) is 0 Å². The summed E-state index contributed by atoms with van der Waals surface area (Å²) in [5, 5.41) is 0. The third-order valence-corrected chi connectivity index (χ3v) is 4.37. The lowest BCUT2D eigenvalue weighted by Crippen LogP contribution is -1.84. The molecule has 0 amide bonds. The molecule has 0 aliphatic heterocycles. The number of hydrogen-bond acceptors (Lipinski definition) is 1. The number of ether oxygens (including phenoxy) is 1.